The molecular weight excluding hydrogens is 528 g/mol. The number of hydrogen-bond acceptors (Lipinski definition) is 9. The molecule has 0 saturated carbocycles. The minimum atomic E-state index is -4.87. The van der Waals surface area contributed by atoms with Crippen molar-refractivity contribution in [2.75, 3.05) is 5.75 Å². The summed E-state index contributed by atoms with van der Waals surface area (Å²) in [5, 5.41) is 20.2. The fraction of sp³-hybridized carbons (Fsp3) is 0.227. The fourth-order valence-corrected chi connectivity index (χ4v) is 6.28. The Labute approximate surface area is 214 Å². The molecule has 1 aromatic heterocycles. The molecule has 15 heteroatoms. The number of thioether (sulfide) groups is 1. The summed E-state index contributed by atoms with van der Waals surface area (Å²) >= 11 is 1.16. The molecule has 3 atom stereocenters. The van der Waals surface area contributed by atoms with Crippen molar-refractivity contribution in [1.29, 1.82) is 0 Å². The lowest BCUT2D eigenvalue weighted by atomic mass is 10.0. The van der Waals surface area contributed by atoms with Gasteiger partial charge in [0.05, 0.1) is 17.2 Å². The molecule has 13 nitrogen and oxygen atoms in total. The molecule has 1 fully saturated rings. The van der Waals surface area contributed by atoms with Gasteiger partial charge in [0.2, 0.25) is 5.91 Å². The van der Waals surface area contributed by atoms with Gasteiger partial charge in [-0.3, -0.25) is 29.0 Å². The molecule has 4 rings (SSSR count). The standard InChI is InChI=1S/C22H20N4O9S2/c27-18(24-32)13-6-8-25(9-7-13)10-14-11-36-21-15(20(29)26(21)16(14)22(30)31)23-19(28)17(37(33,34)35)12-4-2-1-3-5-12/h1-9,15,17,21H,10-11H2,(H4-,23,24,27,28,30,31,32,33,34,35)/t15-,17?,21+/m1/s1. The van der Waals surface area contributed by atoms with E-state index in [1.165, 1.54) is 54.3 Å². The van der Waals surface area contributed by atoms with E-state index >= 15 is 0 Å². The number of carboxylic acid groups (broad SMARTS) is 1. The number of benzene rings is 1. The van der Waals surface area contributed by atoms with Gasteiger partial charge < -0.3 is 15.2 Å². The largest absolute Gasteiger partial charge is 0.543 e. The lowest BCUT2D eigenvalue weighted by Crippen LogP contribution is -2.71. The summed E-state index contributed by atoms with van der Waals surface area (Å²) in [5.74, 6) is -4.07. The van der Waals surface area contributed by atoms with E-state index in [0.717, 1.165) is 16.7 Å². The number of carboxylic acids is 1. The number of aliphatic carboxylic acids is 1. The van der Waals surface area contributed by atoms with Crippen molar-refractivity contribution < 1.29 is 47.0 Å². The van der Waals surface area contributed by atoms with Crippen molar-refractivity contribution in [3.63, 3.8) is 0 Å². The number of nitrogens with zero attached hydrogens (tertiary/aromatic N) is 2. The van der Waals surface area contributed by atoms with Crippen molar-refractivity contribution in [3.8, 4) is 0 Å². The molecular formula is C22H20N4O9S2. The zero-order chi connectivity index (χ0) is 26.9. The Kier molecular flexibility index (Phi) is 7.31. The topological polar surface area (TPSA) is 197 Å². The van der Waals surface area contributed by atoms with Crippen molar-refractivity contribution in [2.45, 2.75) is 23.2 Å². The molecule has 0 spiro atoms. The first-order valence-electron chi connectivity index (χ1n) is 10.7. The SMILES string of the molecule is O=C([O-])C1=C(C[n+]2ccc(C(=O)NO)cc2)CS[C@H]2[C@H](NC(=O)C(c3ccccc3)S(=O)(=O)O)C(=O)N12. The Hall–Kier alpha value is -3.79. The van der Waals surface area contributed by atoms with E-state index in [1.54, 1.807) is 10.6 Å². The van der Waals surface area contributed by atoms with Gasteiger partial charge >= 0.3 is 0 Å². The first-order chi connectivity index (χ1) is 17.5. The number of β-lactam (4-membered cyclic amide) rings is 1. The predicted molar refractivity (Wildman–Crippen MR) is 124 cm³/mol. The van der Waals surface area contributed by atoms with Gasteiger partial charge in [-0.2, -0.15) is 8.42 Å². The highest BCUT2D eigenvalue weighted by Crippen LogP contribution is 2.40. The van der Waals surface area contributed by atoms with Crippen LogP contribution in [0.2, 0.25) is 0 Å². The van der Waals surface area contributed by atoms with Crippen molar-refractivity contribution in [2.24, 2.45) is 0 Å². The molecule has 37 heavy (non-hydrogen) atoms. The number of hydrogen-bond donors (Lipinski definition) is 4. The van der Waals surface area contributed by atoms with Crippen LogP contribution in [0.25, 0.3) is 0 Å². The van der Waals surface area contributed by atoms with Gasteiger partial charge in [-0.1, -0.05) is 30.3 Å². The molecule has 3 heterocycles. The number of carbonyl (C=O) groups is 4. The van der Waals surface area contributed by atoms with Crippen LogP contribution in [0.3, 0.4) is 0 Å². The Morgan fingerprint density at radius 3 is 2.38 bits per heavy atom. The monoisotopic (exact) mass is 548 g/mol. The van der Waals surface area contributed by atoms with Crippen LogP contribution in [0.5, 0.6) is 0 Å². The van der Waals surface area contributed by atoms with E-state index in [-0.39, 0.29) is 29.1 Å². The Morgan fingerprint density at radius 2 is 1.81 bits per heavy atom. The molecule has 3 amide bonds. The maximum atomic E-state index is 12.9. The van der Waals surface area contributed by atoms with Gasteiger partial charge in [-0.05, 0) is 5.56 Å². The number of nitrogens with one attached hydrogen (secondary N) is 2. The number of aromatic nitrogens is 1. The quantitative estimate of drug-likeness (QED) is 0.0953. The molecule has 4 N–H and O–H groups in total. The third kappa shape index (κ3) is 5.20. The van der Waals surface area contributed by atoms with Crippen molar-refractivity contribution in [3.05, 3.63) is 77.3 Å². The van der Waals surface area contributed by atoms with Crippen LogP contribution in [0, 0.1) is 0 Å². The molecule has 2 aliphatic rings. The lowest BCUT2D eigenvalue weighted by molar-refractivity contribution is -0.689. The van der Waals surface area contributed by atoms with Crippen molar-refractivity contribution >= 4 is 45.6 Å². The van der Waals surface area contributed by atoms with Gasteiger partial charge in [0, 0.05) is 23.5 Å². The number of pyridine rings is 1. The van der Waals surface area contributed by atoms with E-state index in [4.69, 9.17) is 5.21 Å². The van der Waals surface area contributed by atoms with Gasteiger partial charge in [0.25, 0.3) is 21.9 Å². The third-order valence-electron chi connectivity index (χ3n) is 5.80. The fourth-order valence-electron chi connectivity index (χ4n) is 4.11. The normalized spacial score (nSPS) is 19.9. The Morgan fingerprint density at radius 1 is 1.16 bits per heavy atom. The second-order valence-electron chi connectivity index (χ2n) is 8.14. The summed E-state index contributed by atoms with van der Waals surface area (Å²) in [6.07, 6.45) is 2.97. The van der Waals surface area contributed by atoms with Crippen LogP contribution in [-0.4, -0.2) is 63.9 Å². The van der Waals surface area contributed by atoms with E-state index in [0.29, 0.717) is 5.57 Å². The van der Waals surface area contributed by atoms with Crippen LogP contribution < -0.4 is 20.5 Å². The molecule has 2 aliphatic heterocycles. The van der Waals surface area contributed by atoms with Gasteiger partial charge in [0.15, 0.2) is 24.2 Å². The molecule has 1 saturated heterocycles. The number of fused-ring (bicyclic) bond motifs is 1. The summed E-state index contributed by atoms with van der Waals surface area (Å²) in [7, 11) is -4.87. The summed E-state index contributed by atoms with van der Waals surface area (Å²) < 4.78 is 35.0. The highest BCUT2D eigenvalue weighted by atomic mass is 32.2. The Balaban J connectivity index is 1.53. The Bertz CT molecular complexity index is 1390. The summed E-state index contributed by atoms with van der Waals surface area (Å²) in [6, 6.07) is 8.84. The van der Waals surface area contributed by atoms with E-state index in [2.05, 4.69) is 5.32 Å². The van der Waals surface area contributed by atoms with E-state index in [1.807, 2.05) is 0 Å². The van der Waals surface area contributed by atoms with Crippen LogP contribution >= 0.6 is 11.8 Å². The summed E-state index contributed by atoms with van der Waals surface area (Å²) in [5.41, 5.74) is 1.64. The molecule has 1 aromatic carbocycles. The average Bonchev–Trinajstić information content (AvgIpc) is 2.86. The number of carbonyl (C=O) groups excluding carboxylic acids is 4. The maximum absolute atomic E-state index is 12.9. The average molecular weight is 549 g/mol. The minimum absolute atomic E-state index is 0.000420. The second-order valence-corrected chi connectivity index (χ2v) is 10.7. The smallest absolute Gasteiger partial charge is 0.281 e. The second kappa shape index (κ2) is 10.3. The van der Waals surface area contributed by atoms with Crippen LogP contribution in [0.4, 0.5) is 0 Å². The minimum Gasteiger partial charge on any atom is -0.543 e. The third-order valence-corrected chi connectivity index (χ3v) is 8.23. The highest BCUT2D eigenvalue weighted by Gasteiger charge is 2.54. The maximum Gasteiger partial charge on any atom is 0.281 e. The van der Waals surface area contributed by atoms with Crippen molar-refractivity contribution in [1.82, 2.24) is 15.7 Å². The first-order valence-corrected chi connectivity index (χ1v) is 13.2. The molecule has 0 radical (unpaired) electrons. The van der Waals surface area contributed by atoms with E-state index < -0.39 is 50.5 Å². The molecule has 0 aliphatic carbocycles. The van der Waals surface area contributed by atoms with E-state index in [9.17, 15) is 37.3 Å². The first kappa shape index (κ1) is 26.3. The van der Waals surface area contributed by atoms with Crippen LogP contribution in [-0.2, 0) is 31.0 Å². The number of amides is 3. The molecule has 1 unspecified atom stereocenters. The predicted octanol–water partition coefficient (Wildman–Crippen LogP) is -1.87. The highest BCUT2D eigenvalue weighted by molar-refractivity contribution is 8.00. The van der Waals surface area contributed by atoms with Crippen LogP contribution in [0.1, 0.15) is 21.2 Å². The van der Waals surface area contributed by atoms with Gasteiger partial charge in [-0.25, -0.2) is 10.0 Å². The van der Waals surface area contributed by atoms with Gasteiger partial charge in [-0.15, -0.1) is 11.8 Å². The molecule has 2 aromatic rings. The summed E-state index contributed by atoms with van der Waals surface area (Å²) in [4.78, 5) is 50.1. The molecule has 194 valence electrons. The summed E-state index contributed by atoms with van der Waals surface area (Å²) in [6.45, 7) is 0.0453. The van der Waals surface area contributed by atoms with Crippen LogP contribution in [0.15, 0.2) is 66.1 Å². The molecule has 0 bridgehead atoms. The zero-order valence-electron chi connectivity index (χ0n) is 18.8. The number of hydroxylamine groups is 1. The number of rotatable bonds is 8. The zero-order valence-corrected chi connectivity index (χ0v) is 20.4. The van der Waals surface area contributed by atoms with Gasteiger partial charge in [0.1, 0.15) is 11.4 Å². The lowest BCUT2D eigenvalue weighted by Gasteiger charge is -2.50.